The largest absolute Gasteiger partial charge is 0.351 e. The van der Waals surface area contributed by atoms with E-state index in [4.69, 9.17) is 0 Å². The molecule has 2 amide bonds. The Hall–Kier alpha value is -1.95. The van der Waals surface area contributed by atoms with Crippen molar-refractivity contribution in [2.75, 3.05) is 20.1 Å². The van der Waals surface area contributed by atoms with Gasteiger partial charge < -0.3 is 15.5 Å². The van der Waals surface area contributed by atoms with Crippen LogP contribution in [0.4, 0.5) is 4.39 Å². The highest BCUT2D eigenvalue weighted by Gasteiger charge is 2.28. The van der Waals surface area contributed by atoms with Gasteiger partial charge in [0.1, 0.15) is 11.9 Å². The molecule has 1 aliphatic heterocycles. The number of halogens is 1. The minimum Gasteiger partial charge on any atom is -0.351 e. The maximum atomic E-state index is 13.7. The maximum Gasteiger partial charge on any atom is 0.254 e. The molecule has 24 heavy (non-hydrogen) atoms. The van der Waals surface area contributed by atoms with Crippen molar-refractivity contribution in [1.29, 1.82) is 0 Å². The third kappa shape index (κ3) is 4.77. The van der Waals surface area contributed by atoms with E-state index in [0.717, 1.165) is 25.9 Å². The van der Waals surface area contributed by atoms with Crippen molar-refractivity contribution in [3.8, 4) is 0 Å². The molecule has 0 spiro atoms. The Morgan fingerprint density at radius 1 is 1.21 bits per heavy atom. The molecule has 1 fully saturated rings. The van der Waals surface area contributed by atoms with Crippen molar-refractivity contribution < 1.29 is 14.0 Å². The summed E-state index contributed by atoms with van der Waals surface area (Å²) in [4.78, 5) is 27.1. The van der Waals surface area contributed by atoms with E-state index in [1.807, 2.05) is 13.8 Å². The van der Waals surface area contributed by atoms with E-state index < -0.39 is 17.8 Å². The van der Waals surface area contributed by atoms with Crippen LogP contribution in [0.2, 0.25) is 0 Å². The highest BCUT2D eigenvalue weighted by molar-refractivity contribution is 5.97. The molecular formula is C18H26FN3O2. The van der Waals surface area contributed by atoms with Gasteiger partial charge in [0.25, 0.3) is 5.91 Å². The number of nitrogens with zero attached hydrogens (tertiary/aromatic N) is 1. The molecule has 2 N–H and O–H groups in total. The van der Waals surface area contributed by atoms with Gasteiger partial charge in [-0.15, -0.1) is 0 Å². The number of hydrogen-bond acceptors (Lipinski definition) is 3. The zero-order valence-corrected chi connectivity index (χ0v) is 14.5. The lowest BCUT2D eigenvalue weighted by Gasteiger charge is -2.31. The van der Waals surface area contributed by atoms with Gasteiger partial charge in [-0.3, -0.25) is 9.59 Å². The molecule has 1 aromatic rings. The summed E-state index contributed by atoms with van der Waals surface area (Å²) in [7, 11) is 2.06. The Morgan fingerprint density at radius 2 is 1.83 bits per heavy atom. The van der Waals surface area contributed by atoms with Crippen LogP contribution in [0.3, 0.4) is 0 Å². The fourth-order valence-electron chi connectivity index (χ4n) is 2.84. The van der Waals surface area contributed by atoms with Crippen LogP contribution in [0.15, 0.2) is 24.3 Å². The second kappa shape index (κ2) is 8.24. The van der Waals surface area contributed by atoms with Crippen LogP contribution in [0.1, 0.15) is 37.0 Å². The smallest absolute Gasteiger partial charge is 0.254 e. The number of carbonyl (C=O) groups is 2. The number of amides is 2. The summed E-state index contributed by atoms with van der Waals surface area (Å²) >= 11 is 0. The second-order valence-electron chi connectivity index (χ2n) is 6.76. The average Bonchev–Trinajstić information content (AvgIpc) is 2.54. The summed E-state index contributed by atoms with van der Waals surface area (Å²) in [5.41, 5.74) is -0.0461. The minimum absolute atomic E-state index is 0.0461. The Bertz CT molecular complexity index is 583. The molecule has 1 heterocycles. The van der Waals surface area contributed by atoms with Crippen molar-refractivity contribution in [3.63, 3.8) is 0 Å². The van der Waals surface area contributed by atoms with Gasteiger partial charge in [-0.25, -0.2) is 4.39 Å². The highest BCUT2D eigenvalue weighted by Crippen LogP contribution is 2.12. The predicted octanol–water partition coefficient (Wildman–Crippen LogP) is 1.79. The van der Waals surface area contributed by atoms with E-state index in [1.165, 1.54) is 18.2 Å². The summed E-state index contributed by atoms with van der Waals surface area (Å²) in [6.45, 7) is 5.61. The number of rotatable bonds is 5. The van der Waals surface area contributed by atoms with Crippen LogP contribution in [0, 0.1) is 11.7 Å². The summed E-state index contributed by atoms with van der Waals surface area (Å²) in [6, 6.07) is 5.21. The van der Waals surface area contributed by atoms with Crippen molar-refractivity contribution in [3.05, 3.63) is 35.6 Å². The van der Waals surface area contributed by atoms with Gasteiger partial charge in [0, 0.05) is 6.04 Å². The molecule has 0 aliphatic carbocycles. The van der Waals surface area contributed by atoms with Crippen molar-refractivity contribution >= 4 is 11.8 Å². The molecule has 0 saturated carbocycles. The molecular weight excluding hydrogens is 309 g/mol. The van der Waals surface area contributed by atoms with Crippen LogP contribution in [-0.2, 0) is 4.79 Å². The van der Waals surface area contributed by atoms with Gasteiger partial charge in [-0.1, -0.05) is 26.0 Å². The molecule has 0 aromatic heterocycles. The van der Waals surface area contributed by atoms with Crippen LogP contribution in [0.5, 0.6) is 0 Å². The molecule has 1 aromatic carbocycles. The van der Waals surface area contributed by atoms with Crippen molar-refractivity contribution in [2.45, 2.75) is 38.8 Å². The number of hydrogen-bond donors (Lipinski definition) is 2. The fourth-order valence-corrected chi connectivity index (χ4v) is 2.84. The first-order chi connectivity index (χ1) is 11.4. The van der Waals surface area contributed by atoms with Gasteiger partial charge in [-0.05, 0) is 51.0 Å². The van der Waals surface area contributed by atoms with Gasteiger partial charge in [0.15, 0.2) is 0 Å². The van der Waals surface area contributed by atoms with Gasteiger partial charge in [0.2, 0.25) is 5.91 Å². The van der Waals surface area contributed by atoms with E-state index in [9.17, 15) is 14.0 Å². The first-order valence-electron chi connectivity index (χ1n) is 8.42. The predicted molar refractivity (Wildman–Crippen MR) is 91.2 cm³/mol. The number of piperidine rings is 1. The normalized spacial score (nSPS) is 17.5. The zero-order valence-electron chi connectivity index (χ0n) is 14.5. The molecule has 2 rings (SSSR count). The van der Waals surface area contributed by atoms with E-state index in [2.05, 4.69) is 22.6 Å². The summed E-state index contributed by atoms with van der Waals surface area (Å²) < 4.78 is 13.7. The van der Waals surface area contributed by atoms with E-state index in [-0.39, 0.29) is 23.4 Å². The lowest BCUT2D eigenvalue weighted by atomic mass is 10.00. The lowest BCUT2D eigenvalue weighted by molar-refractivity contribution is -0.125. The monoisotopic (exact) mass is 335 g/mol. The minimum atomic E-state index is -0.684. The van der Waals surface area contributed by atoms with Crippen LogP contribution in [0.25, 0.3) is 0 Å². The van der Waals surface area contributed by atoms with Gasteiger partial charge in [0.05, 0.1) is 5.56 Å². The Kier molecular flexibility index (Phi) is 6.31. The van der Waals surface area contributed by atoms with E-state index >= 15 is 0 Å². The van der Waals surface area contributed by atoms with Crippen molar-refractivity contribution in [1.82, 2.24) is 15.5 Å². The zero-order chi connectivity index (χ0) is 17.7. The second-order valence-corrected chi connectivity index (χ2v) is 6.76. The highest BCUT2D eigenvalue weighted by atomic mass is 19.1. The van der Waals surface area contributed by atoms with Crippen LogP contribution < -0.4 is 10.6 Å². The Labute approximate surface area is 142 Å². The van der Waals surface area contributed by atoms with E-state index in [1.54, 1.807) is 6.07 Å². The fraction of sp³-hybridized carbons (Fsp3) is 0.556. The summed E-state index contributed by atoms with van der Waals surface area (Å²) in [5.74, 6) is -1.45. The first kappa shape index (κ1) is 18.4. The molecule has 1 atom stereocenters. The number of likely N-dealkylation sites (tertiary alicyclic amines) is 1. The third-order valence-corrected chi connectivity index (χ3v) is 4.42. The molecule has 1 unspecified atom stereocenters. The maximum absolute atomic E-state index is 13.7. The molecule has 1 aliphatic rings. The number of benzene rings is 1. The van der Waals surface area contributed by atoms with Gasteiger partial charge >= 0.3 is 0 Å². The topological polar surface area (TPSA) is 61.4 Å². The molecule has 1 saturated heterocycles. The van der Waals surface area contributed by atoms with E-state index in [0.29, 0.717) is 0 Å². The SMILES string of the molecule is CC(C)C(NC(=O)c1ccccc1F)C(=O)NC1CCN(C)CC1. The number of nitrogens with one attached hydrogen (secondary N) is 2. The van der Waals surface area contributed by atoms with Crippen LogP contribution >= 0.6 is 0 Å². The standard InChI is InChI=1S/C18H26FN3O2/c1-12(2)16(18(24)20-13-8-10-22(3)11-9-13)21-17(23)14-6-4-5-7-15(14)19/h4-7,12-13,16H,8-11H2,1-3H3,(H,20,24)(H,21,23). The summed E-state index contributed by atoms with van der Waals surface area (Å²) in [5, 5.41) is 5.69. The van der Waals surface area contributed by atoms with Gasteiger partial charge in [-0.2, -0.15) is 0 Å². The average molecular weight is 335 g/mol. The summed E-state index contributed by atoms with van der Waals surface area (Å²) in [6.07, 6.45) is 1.79. The third-order valence-electron chi connectivity index (χ3n) is 4.42. The first-order valence-corrected chi connectivity index (χ1v) is 8.42. The lowest BCUT2D eigenvalue weighted by Crippen LogP contribution is -2.53. The molecule has 6 heteroatoms. The molecule has 0 bridgehead atoms. The van der Waals surface area contributed by atoms with Crippen LogP contribution in [-0.4, -0.2) is 48.9 Å². The molecule has 0 radical (unpaired) electrons. The Balaban J connectivity index is 1.99. The number of carbonyl (C=O) groups excluding carboxylic acids is 2. The van der Waals surface area contributed by atoms with Crippen molar-refractivity contribution in [2.24, 2.45) is 5.92 Å². The quantitative estimate of drug-likeness (QED) is 0.862. The Morgan fingerprint density at radius 3 is 2.42 bits per heavy atom. The molecule has 5 nitrogen and oxygen atoms in total. The molecule has 132 valence electrons.